The van der Waals surface area contributed by atoms with Crippen molar-refractivity contribution < 1.29 is 41.5 Å². The van der Waals surface area contributed by atoms with Crippen LogP contribution in [0, 0.1) is 17.2 Å². The van der Waals surface area contributed by atoms with E-state index in [1.807, 2.05) is 54.1 Å². The third-order valence-electron chi connectivity index (χ3n) is 11.8. The number of hydrogen-bond acceptors (Lipinski definition) is 11. The van der Waals surface area contributed by atoms with Crippen LogP contribution in [0.1, 0.15) is 92.0 Å². The molecule has 3 aliphatic rings. The van der Waals surface area contributed by atoms with Crippen LogP contribution < -0.4 is 14.8 Å². The normalized spacial score (nSPS) is 24.1. The van der Waals surface area contributed by atoms with Crippen molar-refractivity contribution in [1.82, 2.24) is 33.8 Å². The van der Waals surface area contributed by atoms with Gasteiger partial charge in [-0.15, -0.1) is 11.3 Å². The molecule has 1 saturated heterocycles. The smallest absolute Gasteiger partial charge is 0.408 e. The number of carbonyl (C=O) groups excluding carboxylic acids is 4. The monoisotopic (exact) mass is 905 g/mol. The van der Waals surface area contributed by atoms with E-state index in [4.69, 9.17) is 19.4 Å². The minimum Gasteiger partial charge on any atom is -0.459 e. The van der Waals surface area contributed by atoms with Crippen molar-refractivity contribution in [2.75, 3.05) is 20.6 Å². The van der Waals surface area contributed by atoms with Gasteiger partial charge in [0.05, 0.1) is 29.2 Å². The van der Waals surface area contributed by atoms with E-state index in [1.54, 1.807) is 32.9 Å². The summed E-state index contributed by atoms with van der Waals surface area (Å²) < 4.78 is 56.6. The van der Waals surface area contributed by atoms with Gasteiger partial charge in [-0.2, -0.15) is 17.7 Å². The third kappa shape index (κ3) is 10.1. The number of aromatic nitrogens is 3. The molecule has 5 atom stereocenters. The van der Waals surface area contributed by atoms with Gasteiger partial charge in [-0.3, -0.25) is 19.0 Å². The Kier molecular flexibility index (Phi) is 13.2. The van der Waals surface area contributed by atoms with Gasteiger partial charge in [0.15, 0.2) is 5.78 Å². The summed E-state index contributed by atoms with van der Waals surface area (Å²) in [7, 11) is -1.55. The topological polar surface area (TPSA) is 182 Å². The van der Waals surface area contributed by atoms with Gasteiger partial charge in [0.25, 0.3) is 6.01 Å². The molecule has 15 nitrogen and oxygen atoms in total. The number of alkyl carbamates (subject to hydrolysis) is 1. The maximum absolute atomic E-state index is 14.7. The van der Waals surface area contributed by atoms with E-state index in [2.05, 4.69) is 10.0 Å². The number of carbonyl (C=O) groups is 4. The number of imidazole rings is 1. The summed E-state index contributed by atoms with van der Waals surface area (Å²) in [6.07, 6.45) is 5.48. The van der Waals surface area contributed by atoms with Crippen molar-refractivity contribution in [3.05, 3.63) is 65.8 Å². The molecule has 4 aromatic rings. The zero-order chi connectivity index (χ0) is 45.4. The van der Waals surface area contributed by atoms with Crippen molar-refractivity contribution in [2.45, 2.75) is 116 Å². The van der Waals surface area contributed by atoms with Gasteiger partial charge >= 0.3 is 16.3 Å². The van der Waals surface area contributed by atoms with Crippen molar-refractivity contribution >= 4 is 56.3 Å². The minimum absolute atomic E-state index is 0.0268. The predicted molar refractivity (Wildman–Crippen MR) is 237 cm³/mol. The Morgan fingerprint density at radius 3 is 2.49 bits per heavy atom. The Labute approximate surface area is 371 Å². The second kappa shape index (κ2) is 18.1. The number of fused-ring (bicyclic) bond motifs is 3. The van der Waals surface area contributed by atoms with Gasteiger partial charge in [0, 0.05) is 49.5 Å². The summed E-state index contributed by atoms with van der Waals surface area (Å²) in [6, 6.07) is 9.99. The highest BCUT2D eigenvalue weighted by Crippen LogP contribution is 2.57. The van der Waals surface area contributed by atoms with Crippen molar-refractivity contribution in [3.8, 4) is 27.8 Å². The largest absolute Gasteiger partial charge is 0.459 e. The first-order valence-electron chi connectivity index (χ1n) is 21.4. The summed E-state index contributed by atoms with van der Waals surface area (Å²) in [4.78, 5) is 67.8. The van der Waals surface area contributed by atoms with E-state index < -0.39 is 63.1 Å². The average molecular weight is 906 g/mol. The van der Waals surface area contributed by atoms with Crippen LogP contribution in [0.25, 0.3) is 32.9 Å². The number of Topliss-reactive ketones (excluding diaryl/α,β-unsaturated/α-hetero) is 1. The summed E-state index contributed by atoms with van der Waals surface area (Å²) in [5.41, 5.74) is 1.49. The molecule has 7 rings (SSSR count). The van der Waals surface area contributed by atoms with Gasteiger partial charge in [-0.05, 0) is 103 Å². The first kappa shape index (κ1) is 45.8. The fraction of sp³-hybridized carbons (Fsp3) is 0.511. The standard InChI is InChI=1S/C45H56FN7O8S2/c1-27(2)53-35-17-13-15-32(39-47-34(26-62-39)28-18-20-30(46)21-19-28)38(35)49-42(53)60-31-22-36-37(54)24-45(41(56)50-63(58,59)51(6)7)23-29(45)14-11-9-8-10-12-16-33(40(55)52(36)25-31)48-43(57)61-44(3,4)5/h11,13-15,17-21,26-27,29,31,33,36H,8-10,12,16,22-25H2,1-7H3,(H,48,57)(H,50,56)/b14-11-/t29-,31-,33+,36+,45-/m1/s1. The lowest BCUT2D eigenvalue weighted by Crippen LogP contribution is -2.53. The highest BCUT2D eigenvalue weighted by molar-refractivity contribution is 7.87. The Morgan fingerprint density at radius 1 is 1.05 bits per heavy atom. The number of ketones is 1. The molecule has 338 valence electrons. The number of nitrogens with zero attached hydrogens (tertiary/aromatic N) is 5. The van der Waals surface area contributed by atoms with Crippen LogP contribution in [0.15, 0.2) is 60.0 Å². The number of amides is 3. The highest BCUT2D eigenvalue weighted by atomic mass is 32.2. The number of halogens is 1. The van der Waals surface area contributed by atoms with Gasteiger partial charge in [-0.25, -0.2) is 18.9 Å². The maximum Gasteiger partial charge on any atom is 0.408 e. The molecule has 0 radical (unpaired) electrons. The number of rotatable bonds is 9. The summed E-state index contributed by atoms with van der Waals surface area (Å²) >= 11 is 1.43. The molecule has 0 spiro atoms. The molecule has 2 aromatic heterocycles. The molecular formula is C45H56FN7O8S2. The van der Waals surface area contributed by atoms with Gasteiger partial charge in [0.2, 0.25) is 11.8 Å². The highest BCUT2D eigenvalue weighted by Gasteiger charge is 2.61. The zero-order valence-electron chi connectivity index (χ0n) is 36.7. The van der Waals surface area contributed by atoms with E-state index in [0.29, 0.717) is 35.5 Å². The Morgan fingerprint density at radius 2 is 1.79 bits per heavy atom. The molecular weight excluding hydrogens is 850 g/mol. The molecule has 1 aliphatic carbocycles. The molecule has 2 N–H and O–H groups in total. The van der Waals surface area contributed by atoms with E-state index in [-0.39, 0.29) is 49.6 Å². The number of benzene rings is 2. The second-order valence-electron chi connectivity index (χ2n) is 18.2. The van der Waals surface area contributed by atoms with Gasteiger partial charge < -0.3 is 19.7 Å². The van der Waals surface area contributed by atoms with Crippen LogP contribution in [-0.2, 0) is 29.3 Å². The van der Waals surface area contributed by atoms with Gasteiger partial charge in [0.1, 0.15) is 34.1 Å². The molecule has 2 fully saturated rings. The SMILES string of the molecule is CC(C)n1c(O[C@@H]2C[C@H]3C(=O)C[C@]4(C(=O)NS(=O)(=O)N(C)C)C[C@H]4/C=C\CCCCC[C@H](NC(=O)OC(C)(C)C)C(=O)N3C2)nc2c(-c3nc(-c4ccc(F)cc4)cs3)cccc21. The molecule has 1 saturated carbocycles. The lowest BCUT2D eigenvalue weighted by atomic mass is 9.91. The zero-order valence-corrected chi connectivity index (χ0v) is 38.4. The van der Waals surface area contributed by atoms with Crippen LogP contribution in [0.2, 0.25) is 0 Å². The number of thiazole rings is 1. The van der Waals surface area contributed by atoms with Crippen LogP contribution in [-0.4, -0.2) is 100 Å². The number of hydrogen-bond donors (Lipinski definition) is 2. The molecule has 0 bridgehead atoms. The Bertz CT molecular complexity index is 2510. The fourth-order valence-electron chi connectivity index (χ4n) is 8.41. The van der Waals surface area contributed by atoms with E-state index in [1.165, 1.54) is 42.5 Å². The molecule has 18 heteroatoms. The second-order valence-corrected chi connectivity index (χ2v) is 20.9. The summed E-state index contributed by atoms with van der Waals surface area (Å²) in [5, 5.41) is 5.39. The van der Waals surface area contributed by atoms with Crippen LogP contribution in [0.4, 0.5) is 9.18 Å². The molecule has 63 heavy (non-hydrogen) atoms. The van der Waals surface area contributed by atoms with Crippen molar-refractivity contribution in [2.24, 2.45) is 11.3 Å². The third-order valence-corrected chi connectivity index (χ3v) is 14.0. The number of nitrogens with one attached hydrogen (secondary N) is 2. The quantitative estimate of drug-likeness (QED) is 0.163. The number of para-hydroxylation sites is 1. The van der Waals surface area contributed by atoms with Crippen molar-refractivity contribution in [3.63, 3.8) is 0 Å². The van der Waals surface area contributed by atoms with Crippen LogP contribution >= 0.6 is 11.3 Å². The lowest BCUT2D eigenvalue weighted by molar-refractivity contribution is -0.140. The van der Waals surface area contributed by atoms with Gasteiger partial charge in [-0.1, -0.05) is 31.1 Å². The Hall–Kier alpha value is -5.20. The van der Waals surface area contributed by atoms with Crippen LogP contribution in [0.5, 0.6) is 6.01 Å². The summed E-state index contributed by atoms with van der Waals surface area (Å²) in [5.74, 6) is -2.40. The van der Waals surface area contributed by atoms with Crippen LogP contribution in [0.3, 0.4) is 0 Å². The molecule has 0 unspecified atom stereocenters. The minimum atomic E-state index is -4.16. The number of allylic oxidation sites excluding steroid dienone is 2. The molecule has 2 aromatic carbocycles. The molecule has 3 amide bonds. The Balaban J connectivity index is 1.23. The number of ether oxygens (including phenoxy) is 2. The van der Waals surface area contributed by atoms with E-state index >= 15 is 0 Å². The summed E-state index contributed by atoms with van der Waals surface area (Å²) in [6.45, 7) is 9.15. The molecule has 4 heterocycles. The predicted octanol–water partition coefficient (Wildman–Crippen LogP) is 7.20. The fourth-order valence-corrected chi connectivity index (χ4v) is 9.88. The maximum atomic E-state index is 14.7. The first-order valence-corrected chi connectivity index (χ1v) is 23.7. The lowest BCUT2D eigenvalue weighted by Gasteiger charge is -2.30. The first-order chi connectivity index (χ1) is 29.8. The van der Waals surface area contributed by atoms with E-state index in [9.17, 15) is 32.0 Å². The average Bonchev–Trinajstić information content (AvgIpc) is 3.55. The van der Waals surface area contributed by atoms with Crippen molar-refractivity contribution in [1.29, 1.82) is 0 Å². The van der Waals surface area contributed by atoms with E-state index in [0.717, 1.165) is 33.8 Å². The molecule has 2 aliphatic heterocycles.